The first kappa shape index (κ1) is 9.87. The highest BCUT2D eigenvalue weighted by Crippen LogP contribution is 2.14. The molecule has 0 saturated carbocycles. The monoisotopic (exact) mass is 160 g/mol. The van der Waals surface area contributed by atoms with Gasteiger partial charge in [-0.25, -0.2) is 4.74 Å². The van der Waals surface area contributed by atoms with E-state index in [1.54, 1.807) is 13.8 Å². The second-order valence-electron chi connectivity index (χ2n) is 3.29. The molecule has 0 rings (SSSR count). The highest BCUT2D eigenvalue weighted by Gasteiger charge is 2.28. The van der Waals surface area contributed by atoms with Crippen LogP contribution in [0, 0.1) is 20.7 Å². The van der Waals surface area contributed by atoms with Gasteiger partial charge in [-0.3, -0.25) is 10.1 Å². The summed E-state index contributed by atoms with van der Waals surface area (Å²) in [4.78, 5) is 9.63. The second kappa shape index (κ2) is 3.32. The molecule has 0 saturated heterocycles. The van der Waals surface area contributed by atoms with Gasteiger partial charge in [0.15, 0.2) is 6.54 Å². The lowest BCUT2D eigenvalue weighted by Gasteiger charge is -2.16. The van der Waals surface area contributed by atoms with E-state index in [-0.39, 0.29) is 13.1 Å². The predicted octanol–water partition coefficient (Wildman–Crippen LogP) is 0.500. The standard InChI is InChI=1S/C6H12N2O3/c1-6(2,4-7(3)9)5-8(10)11/h3-5H2,1-2H3. The Morgan fingerprint density at radius 1 is 1.36 bits per heavy atom. The van der Waals surface area contributed by atoms with Crippen molar-refractivity contribution in [3.05, 3.63) is 15.3 Å². The normalized spacial score (nSPS) is 11.1. The molecule has 0 aliphatic heterocycles. The largest absolute Gasteiger partial charge is 0.624 e. The van der Waals surface area contributed by atoms with Gasteiger partial charge in [0.2, 0.25) is 6.54 Å². The van der Waals surface area contributed by atoms with Gasteiger partial charge in [-0.05, 0) is 13.8 Å². The molecule has 0 unspecified atom stereocenters. The van der Waals surface area contributed by atoms with Gasteiger partial charge >= 0.3 is 0 Å². The lowest BCUT2D eigenvalue weighted by Crippen LogP contribution is -2.31. The third-order valence-electron chi connectivity index (χ3n) is 1.16. The van der Waals surface area contributed by atoms with Crippen LogP contribution < -0.4 is 0 Å². The third-order valence-corrected chi connectivity index (χ3v) is 1.16. The summed E-state index contributed by atoms with van der Waals surface area (Å²) >= 11 is 0. The zero-order valence-electron chi connectivity index (χ0n) is 6.74. The van der Waals surface area contributed by atoms with Crippen LogP contribution in [0.3, 0.4) is 0 Å². The molecule has 5 heteroatoms. The van der Waals surface area contributed by atoms with Crippen LogP contribution in [-0.4, -0.2) is 29.5 Å². The summed E-state index contributed by atoms with van der Waals surface area (Å²) < 4.78 is 0.462. The lowest BCUT2D eigenvalue weighted by molar-refractivity contribution is -0.524. The van der Waals surface area contributed by atoms with E-state index in [4.69, 9.17) is 0 Å². The maximum absolute atomic E-state index is 10.4. The van der Waals surface area contributed by atoms with E-state index >= 15 is 0 Å². The number of hydrogen-bond acceptors (Lipinski definition) is 3. The zero-order chi connectivity index (χ0) is 9.07. The molecule has 0 bridgehead atoms. The zero-order valence-corrected chi connectivity index (χ0v) is 6.74. The second-order valence-corrected chi connectivity index (χ2v) is 3.29. The Balaban J connectivity index is 3.99. The molecule has 0 spiro atoms. The van der Waals surface area contributed by atoms with Gasteiger partial charge in [0, 0.05) is 4.92 Å². The van der Waals surface area contributed by atoms with Crippen LogP contribution in [0.15, 0.2) is 0 Å². The van der Waals surface area contributed by atoms with Crippen LogP contribution in [0.5, 0.6) is 0 Å². The lowest BCUT2D eigenvalue weighted by atomic mass is 9.94. The quantitative estimate of drug-likeness (QED) is 0.198. The van der Waals surface area contributed by atoms with Crippen molar-refractivity contribution in [2.45, 2.75) is 13.8 Å². The van der Waals surface area contributed by atoms with E-state index in [1.165, 1.54) is 0 Å². The first-order valence-corrected chi connectivity index (χ1v) is 3.20. The number of nitro groups is 1. The van der Waals surface area contributed by atoms with Gasteiger partial charge in [-0.2, -0.15) is 0 Å². The molecule has 0 radical (unpaired) electrons. The fourth-order valence-corrected chi connectivity index (χ4v) is 0.877. The van der Waals surface area contributed by atoms with Gasteiger partial charge in [0.25, 0.3) is 0 Å². The third kappa shape index (κ3) is 5.32. The first-order valence-electron chi connectivity index (χ1n) is 3.20. The smallest absolute Gasteiger partial charge is 0.215 e. The average molecular weight is 160 g/mol. The van der Waals surface area contributed by atoms with Crippen LogP contribution in [0.4, 0.5) is 0 Å². The van der Waals surface area contributed by atoms with E-state index in [0.29, 0.717) is 4.74 Å². The number of nitrogens with zero attached hydrogens (tertiary/aromatic N) is 2. The van der Waals surface area contributed by atoms with Crippen molar-refractivity contribution in [2.75, 3.05) is 13.1 Å². The number of rotatable bonds is 4. The van der Waals surface area contributed by atoms with Gasteiger partial charge < -0.3 is 5.21 Å². The van der Waals surface area contributed by atoms with Crippen LogP contribution in [0.1, 0.15) is 13.8 Å². The van der Waals surface area contributed by atoms with Gasteiger partial charge in [-0.1, -0.05) is 0 Å². The predicted molar refractivity (Wildman–Crippen MR) is 41.3 cm³/mol. The molecule has 0 aromatic carbocycles. The minimum absolute atomic E-state index is 0.0774. The molecule has 11 heavy (non-hydrogen) atoms. The van der Waals surface area contributed by atoms with Crippen molar-refractivity contribution in [2.24, 2.45) is 5.41 Å². The molecule has 0 fully saturated rings. The van der Waals surface area contributed by atoms with Crippen molar-refractivity contribution in [3.8, 4) is 0 Å². The number of hydrogen-bond donors (Lipinski definition) is 0. The molecular formula is C6H12N2O3. The molecule has 0 aromatic heterocycles. The molecule has 0 atom stereocenters. The molecule has 0 heterocycles. The summed E-state index contributed by atoms with van der Waals surface area (Å²) in [5, 5.41) is 20.5. The fraction of sp³-hybridized carbons (Fsp3) is 0.833. The summed E-state index contributed by atoms with van der Waals surface area (Å²) in [5.74, 6) is 0. The summed E-state index contributed by atoms with van der Waals surface area (Å²) in [6, 6.07) is 0. The topological polar surface area (TPSA) is 69.2 Å². The van der Waals surface area contributed by atoms with Gasteiger partial charge in [0.05, 0.1) is 5.41 Å². The maximum atomic E-state index is 10.4. The Morgan fingerprint density at radius 3 is 2.09 bits per heavy atom. The maximum Gasteiger partial charge on any atom is 0.215 e. The Morgan fingerprint density at radius 2 is 1.82 bits per heavy atom. The summed E-state index contributed by atoms with van der Waals surface area (Å²) in [7, 11) is 0. The Labute approximate surface area is 65.1 Å². The molecule has 0 aliphatic rings. The van der Waals surface area contributed by atoms with Crippen LogP contribution in [0.2, 0.25) is 0 Å². The van der Waals surface area contributed by atoms with Crippen molar-refractivity contribution in [3.63, 3.8) is 0 Å². The molecule has 64 valence electrons. The Kier molecular flexibility index (Phi) is 2.98. The van der Waals surface area contributed by atoms with Crippen LogP contribution >= 0.6 is 0 Å². The Hall–Kier alpha value is -1.13. The molecule has 5 nitrogen and oxygen atoms in total. The highest BCUT2D eigenvalue weighted by molar-refractivity contribution is 5.14. The van der Waals surface area contributed by atoms with E-state index in [9.17, 15) is 15.3 Å². The SMILES string of the molecule is C=[N+]([O-])CC(C)(C)C[N+](=O)[O-]. The average Bonchev–Trinajstić information content (AvgIpc) is 1.53. The van der Waals surface area contributed by atoms with E-state index in [0.717, 1.165) is 0 Å². The van der Waals surface area contributed by atoms with E-state index in [1.807, 2.05) is 0 Å². The van der Waals surface area contributed by atoms with Crippen LogP contribution in [-0.2, 0) is 0 Å². The highest BCUT2D eigenvalue weighted by atomic mass is 16.6. The summed E-state index contributed by atoms with van der Waals surface area (Å²) in [6.07, 6.45) is 0. The van der Waals surface area contributed by atoms with Crippen molar-refractivity contribution < 1.29 is 9.66 Å². The summed E-state index contributed by atoms with van der Waals surface area (Å²) in [6.45, 7) is 6.27. The number of hydroxylamine groups is 1. The molecule has 0 aliphatic carbocycles. The van der Waals surface area contributed by atoms with Gasteiger partial charge in [0.1, 0.15) is 6.72 Å². The first-order chi connectivity index (χ1) is 4.83. The van der Waals surface area contributed by atoms with Crippen LogP contribution in [0.25, 0.3) is 0 Å². The fourth-order valence-electron chi connectivity index (χ4n) is 0.877. The molecule has 0 aromatic rings. The van der Waals surface area contributed by atoms with Gasteiger partial charge in [-0.15, -0.1) is 0 Å². The summed E-state index contributed by atoms with van der Waals surface area (Å²) in [5.41, 5.74) is -0.604. The molecular weight excluding hydrogens is 148 g/mol. The van der Waals surface area contributed by atoms with E-state index in [2.05, 4.69) is 6.72 Å². The Bertz CT molecular complexity index is 159. The molecule has 0 amide bonds. The minimum atomic E-state index is -0.604. The van der Waals surface area contributed by atoms with Crippen molar-refractivity contribution >= 4 is 6.72 Å². The molecule has 0 N–H and O–H groups in total. The van der Waals surface area contributed by atoms with E-state index < -0.39 is 10.3 Å². The minimum Gasteiger partial charge on any atom is -0.624 e. The van der Waals surface area contributed by atoms with Crippen molar-refractivity contribution in [1.29, 1.82) is 0 Å². The van der Waals surface area contributed by atoms with Crippen molar-refractivity contribution in [1.82, 2.24) is 0 Å².